The van der Waals surface area contributed by atoms with Gasteiger partial charge in [0.1, 0.15) is 0 Å². The predicted molar refractivity (Wildman–Crippen MR) is 76.3 cm³/mol. The summed E-state index contributed by atoms with van der Waals surface area (Å²) in [7, 11) is 0. The maximum absolute atomic E-state index is 5.47. The highest BCUT2D eigenvalue weighted by atomic mass is 35.5. The fourth-order valence-corrected chi connectivity index (χ4v) is 2.01. The summed E-state index contributed by atoms with van der Waals surface area (Å²) in [6.45, 7) is 3.04. The molecule has 0 aliphatic carbocycles. The second-order valence-electron chi connectivity index (χ2n) is 4.14. The van der Waals surface area contributed by atoms with Crippen LogP contribution in [0.25, 0.3) is 0 Å². The monoisotopic (exact) mass is 253 g/mol. The maximum atomic E-state index is 5.47. The van der Waals surface area contributed by atoms with Crippen LogP contribution in [0.3, 0.4) is 0 Å². The van der Waals surface area contributed by atoms with Crippen LogP contribution in [0.15, 0.2) is 0 Å². The summed E-state index contributed by atoms with van der Waals surface area (Å²) in [6, 6.07) is 0. The van der Waals surface area contributed by atoms with Crippen molar-refractivity contribution in [1.82, 2.24) is 0 Å². The molecule has 1 unspecified atom stereocenters. The molecule has 0 aliphatic rings. The van der Waals surface area contributed by atoms with Crippen molar-refractivity contribution in [2.45, 2.75) is 70.0 Å². The van der Waals surface area contributed by atoms with Crippen LogP contribution in [0.1, 0.15) is 64.7 Å². The third-order valence-corrected chi connectivity index (χ3v) is 3.16. The highest BCUT2D eigenvalue weighted by molar-refractivity contribution is 7.80. The summed E-state index contributed by atoms with van der Waals surface area (Å²) in [4.78, 5) is 0. The molecule has 0 spiro atoms. The van der Waals surface area contributed by atoms with Gasteiger partial charge in [0.25, 0.3) is 0 Å². The van der Waals surface area contributed by atoms with Gasteiger partial charge in [0, 0.05) is 5.25 Å². The van der Waals surface area contributed by atoms with E-state index in [2.05, 4.69) is 19.6 Å². The lowest BCUT2D eigenvalue weighted by Crippen LogP contribution is -2.08. The summed E-state index contributed by atoms with van der Waals surface area (Å²) in [6.07, 6.45) is 12.0. The Labute approximate surface area is 107 Å². The summed E-state index contributed by atoms with van der Waals surface area (Å²) < 4.78 is 0. The maximum Gasteiger partial charge on any atom is 0.00288 e. The van der Waals surface area contributed by atoms with E-state index in [9.17, 15) is 0 Å². The first-order chi connectivity index (χ1) is 6.81. The molecule has 0 aliphatic heterocycles. The Morgan fingerprint density at radius 1 is 0.933 bits per heavy atom. The number of nitrogens with two attached hydrogens (primary N) is 1. The Balaban J connectivity index is 0. The molecule has 0 rings (SSSR count). The van der Waals surface area contributed by atoms with Crippen molar-refractivity contribution in [3.05, 3.63) is 0 Å². The van der Waals surface area contributed by atoms with E-state index in [1.54, 1.807) is 0 Å². The van der Waals surface area contributed by atoms with E-state index in [0.29, 0.717) is 5.25 Å². The first-order valence-electron chi connectivity index (χ1n) is 6.19. The smallest absolute Gasteiger partial charge is 0.00288 e. The van der Waals surface area contributed by atoms with Gasteiger partial charge in [0.2, 0.25) is 0 Å². The highest BCUT2D eigenvalue weighted by Gasteiger charge is 2.00. The number of halogens is 1. The van der Waals surface area contributed by atoms with Crippen LogP contribution in [-0.4, -0.2) is 11.8 Å². The molecular weight excluding hydrogens is 226 g/mol. The lowest BCUT2D eigenvalue weighted by molar-refractivity contribution is 0.564. The van der Waals surface area contributed by atoms with E-state index in [-0.39, 0.29) is 12.4 Å². The normalized spacial score (nSPS) is 12.2. The van der Waals surface area contributed by atoms with Gasteiger partial charge in [-0.3, -0.25) is 0 Å². The summed E-state index contributed by atoms with van der Waals surface area (Å²) in [5.41, 5.74) is 5.47. The van der Waals surface area contributed by atoms with Crippen molar-refractivity contribution >= 4 is 25.0 Å². The Morgan fingerprint density at radius 3 is 2.00 bits per heavy atom. The molecule has 94 valence electrons. The van der Waals surface area contributed by atoms with Gasteiger partial charge in [-0.2, -0.15) is 12.6 Å². The van der Waals surface area contributed by atoms with Crippen molar-refractivity contribution in [3.8, 4) is 0 Å². The minimum absolute atomic E-state index is 0. The van der Waals surface area contributed by atoms with Crippen LogP contribution in [0.4, 0.5) is 0 Å². The molecule has 1 nitrogen and oxygen atoms in total. The van der Waals surface area contributed by atoms with Crippen molar-refractivity contribution in [2.24, 2.45) is 5.73 Å². The van der Waals surface area contributed by atoms with Gasteiger partial charge in [0.15, 0.2) is 0 Å². The summed E-state index contributed by atoms with van der Waals surface area (Å²) in [5, 5.41) is 0.538. The Bertz CT molecular complexity index is 112. The minimum Gasteiger partial charge on any atom is -0.330 e. The molecule has 1 atom stereocenters. The summed E-state index contributed by atoms with van der Waals surface area (Å²) >= 11 is 4.49. The first kappa shape index (κ1) is 18.0. The fraction of sp³-hybridized carbons (Fsp3) is 1.00. The lowest BCUT2D eigenvalue weighted by Gasteiger charge is -2.08. The van der Waals surface area contributed by atoms with Gasteiger partial charge < -0.3 is 5.73 Å². The standard InChI is InChI=1S/C12H27NS.ClH/c1-2-3-4-5-6-7-8-9-12(14)10-11-13;/h12,14H,2-11,13H2,1H3;1H. The molecule has 0 radical (unpaired) electrons. The lowest BCUT2D eigenvalue weighted by atomic mass is 10.1. The van der Waals surface area contributed by atoms with E-state index in [0.717, 1.165) is 13.0 Å². The topological polar surface area (TPSA) is 26.0 Å². The molecule has 3 heteroatoms. The fourth-order valence-electron chi connectivity index (χ4n) is 1.67. The Kier molecular flexibility index (Phi) is 17.5. The minimum atomic E-state index is 0. The van der Waals surface area contributed by atoms with Crippen LogP contribution < -0.4 is 5.73 Å². The van der Waals surface area contributed by atoms with E-state index < -0.39 is 0 Å². The van der Waals surface area contributed by atoms with Crippen LogP contribution in [-0.2, 0) is 0 Å². The quantitative estimate of drug-likeness (QED) is 0.443. The average Bonchev–Trinajstić information content (AvgIpc) is 2.17. The van der Waals surface area contributed by atoms with Gasteiger partial charge in [-0.15, -0.1) is 12.4 Å². The molecule has 15 heavy (non-hydrogen) atoms. The number of unbranched alkanes of at least 4 members (excludes halogenated alkanes) is 6. The highest BCUT2D eigenvalue weighted by Crippen LogP contribution is 2.13. The molecule has 0 bridgehead atoms. The van der Waals surface area contributed by atoms with E-state index in [4.69, 9.17) is 5.73 Å². The number of thiol groups is 1. The zero-order chi connectivity index (χ0) is 10.6. The SMILES string of the molecule is CCCCCCCCCC(S)CCN.Cl. The molecule has 0 saturated carbocycles. The third-order valence-electron chi connectivity index (χ3n) is 2.64. The zero-order valence-electron chi connectivity index (χ0n) is 10.1. The molecule has 0 aromatic rings. The van der Waals surface area contributed by atoms with E-state index in [1.807, 2.05) is 0 Å². The predicted octanol–water partition coefficient (Wildman–Crippen LogP) is 4.20. The van der Waals surface area contributed by atoms with Gasteiger partial charge in [-0.05, 0) is 19.4 Å². The second-order valence-corrected chi connectivity index (χ2v) is 4.87. The van der Waals surface area contributed by atoms with Gasteiger partial charge in [-0.1, -0.05) is 51.9 Å². The largest absolute Gasteiger partial charge is 0.330 e. The Hall–Kier alpha value is 0.600. The van der Waals surface area contributed by atoms with E-state index in [1.165, 1.54) is 51.4 Å². The molecule has 0 saturated heterocycles. The van der Waals surface area contributed by atoms with Crippen LogP contribution in [0.2, 0.25) is 0 Å². The molecule has 0 amide bonds. The van der Waals surface area contributed by atoms with Crippen LogP contribution in [0.5, 0.6) is 0 Å². The average molecular weight is 254 g/mol. The van der Waals surface area contributed by atoms with E-state index >= 15 is 0 Å². The number of rotatable bonds is 10. The molecule has 2 N–H and O–H groups in total. The first-order valence-corrected chi connectivity index (χ1v) is 6.71. The Morgan fingerprint density at radius 2 is 1.47 bits per heavy atom. The van der Waals surface area contributed by atoms with Crippen molar-refractivity contribution in [1.29, 1.82) is 0 Å². The van der Waals surface area contributed by atoms with Crippen molar-refractivity contribution in [3.63, 3.8) is 0 Å². The van der Waals surface area contributed by atoms with Gasteiger partial charge >= 0.3 is 0 Å². The van der Waals surface area contributed by atoms with Crippen LogP contribution in [0, 0.1) is 0 Å². The van der Waals surface area contributed by atoms with Crippen LogP contribution >= 0.6 is 25.0 Å². The third kappa shape index (κ3) is 14.6. The summed E-state index contributed by atoms with van der Waals surface area (Å²) in [5.74, 6) is 0. The molecule has 0 fully saturated rings. The zero-order valence-corrected chi connectivity index (χ0v) is 11.8. The molecule has 0 aromatic heterocycles. The molecule has 0 heterocycles. The van der Waals surface area contributed by atoms with Gasteiger partial charge in [-0.25, -0.2) is 0 Å². The molecular formula is C12H28ClNS. The number of hydrogen-bond acceptors (Lipinski definition) is 2. The second kappa shape index (κ2) is 14.6. The molecule has 0 aromatic carbocycles. The number of hydrogen-bond donors (Lipinski definition) is 2. The van der Waals surface area contributed by atoms with Crippen molar-refractivity contribution in [2.75, 3.05) is 6.54 Å². The van der Waals surface area contributed by atoms with Gasteiger partial charge in [0.05, 0.1) is 0 Å². The van der Waals surface area contributed by atoms with Crippen molar-refractivity contribution < 1.29 is 0 Å².